The first-order valence-electron chi connectivity index (χ1n) is 7.99. The molecule has 1 aromatic heterocycles. The zero-order valence-electron chi connectivity index (χ0n) is 13.3. The molecule has 0 unspecified atom stereocenters. The molecule has 0 saturated heterocycles. The fourth-order valence-corrected chi connectivity index (χ4v) is 3.72. The summed E-state index contributed by atoms with van der Waals surface area (Å²) in [4.78, 5) is 8.81. The molecule has 5 nitrogen and oxygen atoms in total. The van der Waals surface area contributed by atoms with Gasteiger partial charge in [-0.05, 0) is 44.2 Å². The van der Waals surface area contributed by atoms with Crippen LogP contribution in [-0.2, 0) is 22.7 Å². The zero-order valence-corrected chi connectivity index (χ0v) is 14.1. The van der Waals surface area contributed by atoms with Crippen LogP contribution < -0.4 is 4.74 Å². The molecule has 2 aliphatic rings. The minimum atomic E-state index is -3.66. The van der Waals surface area contributed by atoms with Crippen LogP contribution in [0, 0.1) is 5.82 Å². The van der Waals surface area contributed by atoms with Crippen LogP contribution >= 0.6 is 0 Å². The van der Waals surface area contributed by atoms with E-state index >= 15 is 0 Å². The second kappa shape index (κ2) is 5.51. The predicted molar refractivity (Wildman–Crippen MR) is 85.6 cm³/mol. The Bertz CT molecular complexity index is 924. The fourth-order valence-electron chi connectivity index (χ4n) is 2.97. The number of sulfone groups is 1. The van der Waals surface area contributed by atoms with Crippen molar-refractivity contribution in [3.63, 3.8) is 0 Å². The summed E-state index contributed by atoms with van der Waals surface area (Å²) in [5, 5.41) is 0. The number of hydrogen-bond acceptors (Lipinski definition) is 5. The van der Waals surface area contributed by atoms with Gasteiger partial charge in [0.15, 0.2) is 9.84 Å². The SMILES string of the molecule is CS(=O)(=O)c1cc(Oc2nc(C3CC3)nc3c2CCC3)ccc1F. The predicted octanol–water partition coefficient (Wildman–Crippen LogP) is 3.18. The van der Waals surface area contributed by atoms with Gasteiger partial charge in [-0.15, -0.1) is 0 Å². The first-order chi connectivity index (χ1) is 11.4. The van der Waals surface area contributed by atoms with E-state index in [9.17, 15) is 12.8 Å². The molecular formula is C17H17FN2O3S. The highest BCUT2D eigenvalue weighted by molar-refractivity contribution is 7.90. The maximum atomic E-state index is 13.7. The molecule has 2 aromatic rings. The Morgan fingerprint density at radius 3 is 2.71 bits per heavy atom. The van der Waals surface area contributed by atoms with Crippen molar-refractivity contribution in [3.05, 3.63) is 41.1 Å². The van der Waals surface area contributed by atoms with Gasteiger partial charge >= 0.3 is 0 Å². The molecule has 126 valence electrons. The summed E-state index contributed by atoms with van der Waals surface area (Å²) in [5.74, 6) is 1.17. The first-order valence-corrected chi connectivity index (χ1v) is 9.88. The molecule has 1 fully saturated rings. The lowest BCUT2D eigenvalue weighted by Crippen LogP contribution is -2.04. The van der Waals surface area contributed by atoms with Crippen LogP contribution in [0.5, 0.6) is 11.6 Å². The Kier molecular flexibility index (Phi) is 3.56. The smallest absolute Gasteiger partial charge is 0.226 e. The molecule has 0 N–H and O–H groups in total. The third-order valence-electron chi connectivity index (χ3n) is 4.37. The van der Waals surface area contributed by atoms with Crippen molar-refractivity contribution in [1.29, 1.82) is 0 Å². The summed E-state index contributed by atoms with van der Waals surface area (Å²) < 4.78 is 42.9. The topological polar surface area (TPSA) is 69.2 Å². The van der Waals surface area contributed by atoms with E-state index in [1.54, 1.807) is 0 Å². The third-order valence-corrected chi connectivity index (χ3v) is 5.48. The van der Waals surface area contributed by atoms with Crippen LogP contribution in [0.3, 0.4) is 0 Å². The second-order valence-electron chi connectivity index (χ2n) is 6.41. The van der Waals surface area contributed by atoms with E-state index in [1.165, 1.54) is 12.1 Å². The number of aryl methyl sites for hydroxylation is 1. The fraction of sp³-hybridized carbons (Fsp3) is 0.412. The van der Waals surface area contributed by atoms with Gasteiger partial charge in [0.1, 0.15) is 22.3 Å². The van der Waals surface area contributed by atoms with Gasteiger partial charge in [0.25, 0.3) is 0 Å². The average Bonchev–Trinajstić information content (AvgIpc) is 3.26. The summed E-state index contributed by atoms with van der Waals surface area (Å²) in [7, 11) is -3.66. The lowest BCUT2D eigenvalue weighted by molar-refractivity contribution is 0.447. The minimum absolute atomic E-state index is 0.270. The second-order valence-corrected chi connectivity index (χ2v) is 8.39. The normalized spacial score (nSPS) is 16.9. The largest absolute Gasteiger partial charge is 0.439 e. The van der Waals surface area contributed by atoms with E-state index < -0.39 is 15.7 Å². The minimum Gasteiger partial charge on any atom is -0.439 e. The summed E-state index contributed by atoms with van der Waals surface area (Å²) in [6.45, 7) is 0. The molecule has 0 bridgehead atoms. The maximum Gasteiger partial charge on any atom is 0.226 e. The monoisotopic (exact) mass is 348 g/mol. The van der Waals surface area contributed by atoms with Crippen molar-refractivity contribution < 1.29 is 17.5 Å². The average molecular weight is 348 g/mol. The van der Waals surface area contributed by atoms with E-state index in [4.69, 9.17) is 4.74 Å². The Labute approximate surface area is 139 Å². The number of aromatic nitrogens is 2. The lowest BCUT2D eigenvalue weighted by Gasteiger charge is -2.12. The van der Waals surface area contributed by atoms with E-state index in [2.05, 4.69) is 9.97 Å². The standard InChI is InChI=1S/C17H17FN2O3S/c1-24(21,22)15-9-11(7-8-13(15)18)23-17-12-3-2-4-14(12)19-16(20-17)10-5-6-10/h7-10H,2-6H2,1H3. The zero-order chi connectivity index (χ0) is 16.9. The molecule has 24 heavy (non-hydrogen) atoms. The van der Waals surface area contributed by atoms with Gasteiger partial charge in [-0.25, -0.2) is 17.8 Å². The lowest BCUT2D eigenvalue weighted by atomic mass is 10.2. The summed E-state index contributed by atoms with van der Waals surface area (Å²) in [6, 6.07) is 3.74. The van der Waals surface area contributed by atoms with Crippen molar-refractivity contribution in [2.75, 3.05) is 6.26 Å². The molecular weight excluding hydrogens is 331 g/mol. The molecule has 1 aromatic carbocycles. The van der Waals surface area contributed by atoms with Gasteiger partial charge in [-0.3, -0.25) is 0 Å². The number of nitrogens with zero attached hydrogens (tertiary/aromatic N) is 2. The molecule has 4 rings (SSSR count). The van der Waals surface area contributed by atoms with Crippen LogP contribution in [0.1, 0.15) is 42.3 Å². The van der Waals surface area contributed by atoms with Crippen molar-refractivity contribution in [1.82, 2.24) is 9.97 Å². The summed E-state index contributed by atoms with van der Waals surface area (Å²) >= 11 is 0. The Balaban J connectivity index is 1.73. The highest BCUT2D eigenvalue weighted by atomic mass is 32.2. The highest BCUT2D eigenvalue weighted by Gasteiger charge is 2.30. The van der Waals surface area contributed by atoms with Gasteiger partial charge in [-0.2, -0.15) is 4.98 Å². The van der Waals surface area contributed by atoms with Crippen LogP contribution in [0.2, 0.25) is 0 Å². The van der Waals surface area contributed by atoms with Crippen molar-refractivity contribution >= 4 is 9.84 Å². The van der Waals surface area contributed by atoms with Crippen LogP contribution in [0.4, 0.5) is 4.39 Å². The van der Waals surface area contributed by atoms with Crippen LogP contribution in [-0.4, -0.2) is 24.6 Å². The number of hydrogen-bond donors (Lipinski definition) is 0. The molecule has 0 amide bonds. The molecule has 1 heterocycles. The van der Waals surface area contributed by atoms with Crippen molar-refractivity contribution in [2.24, 2.45) is 0 Å². The van der Waals surface area contributed by atoms with E-state index in [-0.39, 0.29) is 10.6 Å². The van der Waals surface area contributed by atoms with Crippen molar-refractivity contribution in [3.8, 4) is 11.6 Å². The summed E-state index contributed by atoms with van der Waals surface area (Å²) in [6.07, 6.45) is 5.91. The third kappa shape index (κ3) is 2.88. The Morgan fingerprint density at radius 1 is 1.21 bits per heavy atom. The molecule has 0 atom stereocenters. The van der Waals surface area contributed by atoms with Crippen LogP contribution in [0.25, 0.3) is 0 Å². The Hall–Kier alpha value is -2.02. The van der Waals surface area contributed by atoms with Gasteiger partial charge in [0.05, 0.1) is 5.69 Å². The molecule has 7 heteroatoms. The number of rotatable bonds is 4. The van der Waals surface area contributed by atoms with Gasteiger partial charge in [-0.1, -0.05) is 0 Å². The molecule has 2 aliphatic carbocycles. The van der Waals surface area contributed by atoms with Crippen molar-refractivity contribution in [2.45, 2.75) is 42.9 Å². The highest BCUT2D eigenvalue weighted by Crippen LogP contribution is 2.41. The number of benzene rings is 1. The molecule has 0 radical (unpaired) electrons. The van der Waals surface area contributed by atoms with Crippen LogP contribution in [0.15, 0.2) is 23.1 Å². The molecule has 0 spiro atoms. The number of fused-ring (bicyclic) bond motifs is 1. The van der Waals surface area contributed by atoms with E-state index in [0.29, 0.717) is 11.8 Å². The number of halogens is 1. The Morgan fingerprint density at radius 2 is 2.00 bits per heavy atom. The van der Waals surface area contributed by atoms with Gasteiger partial charge < -0.3 is 4.74 Å². The van der Waals surface area contributed by atoms with Gasteiger partial charge in [0.2, 0.25) is 5.88 Å². The molecule has 1 saturated carbocycles. The van der Waals surface area contributed by atoms with Gasteiger partial charge in [0, 0.05) is 23.8 Å². The van der Waals surface area contributed by atoms with E-state index in [0.717, 1.165) is 61.5 Å². The quantitative estimate of drug-likeness (QED) is 0.849. The maximum absolute atomic E-state index is 13.7. The first kappa shape index (κ1) is 15.5. The van der Waals surface area contributed by atoms with E-state index in [1.807, 2.05) is 0 Å². The number of ether oxygens (including phenoxy) is 1. The summed E-state index contributed by atoms with van der Waals surface area (Å²) in [5.41, 5.74) is 2.00. The molecule has 0 aliphatic heterocycles.